The topological polar surface area (TPSA) is 102 Å². The highest BCUT2D eigenvalue weighted by Gasteiger charge is 2.32. The number of esters is 1. The van der Waals surface area contributed by atoms with Gasteiger partial charge in [0.05, 0.1) is 23.6 Å². The van der Waals surface area contributed by atoms with Crippen LogP contribution in [0.25, 0.3) is 16.4 Å². The summed E-state index contributed by atoms with van der Waals surface area (Å²) in [4.78, 5) is 30.4. The van der Waals surface area contributed by atoms with E-state index in [0.29, 0.717) is 16.8 Å². The number of nitrogens with zero attached hydrogens (tertiary/aromatic N) is 2. The Hall–Kier alpha value is -3.98. The standard InChI is InChI=1S/C25H21FN2O5S/c1-4-33-24(32)22-14(3)27-25(34-22)28-19(15-9-11-17(26)12-10-15)18(21(30)23(28)31)20(29)16-7-5-13(2)6-8-16/h5-12,30-31H,4H2,1-3H3. The van der Waals surface area contributed by atoms with Gasteiger partial charge in [0.2, 0.25) is 5.88 Å². The lowest BCUT2D eigenvalue weighted by molar-refractivity contribution is 0.0531. The maximum absolute atomic E-state index is 13.7. The van der Waals surface area contributed by atoms with E-state index in [0.717, 1.165) is 16.9 Å². The molecule has 0 unspecified atom stereocenters. The molecule has 4 aromatic rings. The molecule has 2 aromatic heterocycles. The van der Waals surface area contributed by atoms with Gasteiger partial charge in [-0.25, -0.2) is 14.2 Å². The van der Waals surface area contributed by atoms with Crippen molar-refractivity contribution in [1.29, 1.82) is 0 Å². The summed E-state index contributed by atoms with van der Waals surface area (Å²) in [6.07, 6.45) is 0. The van der Waals surface area contributed by atoms with Crippen molar-refractivity contribution in [3.63, 3.8) is 0 Å². The van der Waals surface area contributed by atoms with E-state index in [1.807, 2.05) is 6.92 Å². The van der Waals surface area contributed by atoms with E-state index < -0.39 is 29.2 Å². The smallest absolute Gasteiger partial charge is 0.350 e. The summed E-state index contributed by atoms with van der Waals surface area (Å²) in [5.41, 5.74) is 1.91. The Kier molecular flexibility index (Phi) is 6.21. The molecule has 0 aliphatic carbocycles. The Bertz CT molecular complexity index is 1390. The number of benzene rings is 2. The van der Waals surface area contributed by atoms with Gasteiger partial charge in [-0.2, -0.15) is 0 Å². The van der Waals surface area contributed by atoms with Crippen molar-refractivity contribution in [3.8, 4) is 28.0 Å². The molecule has 2 heterocycles. The molecule has 2 aromatic carbocycles. The van der Waals surface area contributed by atoms with E-state index >= 15 is 0 Å². The molecule has 0 atom stereocenters. The van der Waals surface area contributed by atoms with Gasteiger partial charge in [-0.05, 0) is 50.6 Å². The zero-order valence-corrected chi connectivity index (χ0v) is 19.4. The maximum atomic E-state index is 13.7. The number of carbonyl (C=O) groups is 2. The van der Waals surface area contributed by atoms with Gasteiger partial charge in [-0.3, -0.25) is 9.36 Å². The predicted molar refractivity (Wildman–Crippen MR) is 125 cm³/mol. The van der Waals surface area contributed by atoms with Gasteiger partial charge >= 0.3 is 5.97 Å². The lowest BCUT2D eigenvalue weighted by Gasteiger charge is -2.10. The lowest BCUT2D eigenvalue weighted by Crippen LogP contribution is -2.05. The largest absolute Gasteiger partial charge is 0.503 e. The SMILES string of the molecule is CCOC(=O)c1sc(-n2c(O)c(O)c(C(=O)c3ccc(C)cc3)c2-c2ccc(F)cc2)nc1C. The second kappa shape index (κ2) is 9.11. The van der Waals surface area contributed by atoms with Crippen LogP contribution < -0.4 is 0 Å². The van der Waals surface area contributed by atoms with Crippen LogP contribution in [0.4, 0.5) is 4.39 Å². The Morgan fingerprint density at radius 2 is 1.71 bits per heavy atom. The first-order chi connectivity index (χ1) is 16.2. The highest BCUT2D eigenvalue weighted by molar-refractivity contribution is 7.16. The fraction of sp³-hybridized carbons (Fsp3) is 0.160. The minimum absolute atomic E-state index is 0.115. The molecule has 0 aliphatic rings. The monoisotopic (exact) mass is 480 g/mol. The second-order valence-corrected chi connectivity index (χ2v) is 8.54. The normalized spacial score (nSPS) is 10.9. The summed E-state index contributed by atoms with van der Waals surface area (Å²) >= 11 is 0.939. The molecular weight excluding hydrogens is 459 g/mol. The molecule has 2 N–H and O–H groups in total. The molecule has 0 fully saturated rings. The third-order valence-corrected chi connectivity index (χ3v) is 6.34. The van der Waals surface area contributed by atoms with Crippen molar-refractivity contribution in [2.24, 2.45) is 0 Å². The van der Waals surface area contributed by atoms with E-state index in [2.05, 4.69) is 4.98 Å². The molecule has 7 nitrogen and oxygen atoms in total. The van der Waals surface area contributed by atoms with Gasteiger partial charge in [0.1, 0.15) is 10.7 Å². The number of hydrogen-bond donors (Lipinski definition) is 2. The van der Waals surface area contributed by atoms with Gasteiger partial charge < -0.3 is 14.9 Å². The average molecular weight is 481 g/mol. The van der Waals surface area contributed by atoms with E-state index in [4.69, 9.17) is 4.74 Å². The minimum atomic E-state index is -0.643. The Balaban J connectivity index is 1.98. The van der Waals surface area contributed by atoms with Crippen LogP contribution in [-0.4, -0.2) is 38.1 Å². The fourth-order valence-electron chi connectivity index (χ4n) is 3.54. The number of aromatic nitrogens is 2. The first-order valence-electron chi connectivity index (χ1n) is 10.4. The molecule has 4 rings (SSSR count). The van der Waals surface area contributed by atoms with Crippen LogP contribution >= 0.6 is 11.3 Å². The summed E-state index contributed by atoms with van der Waals surface area (Å²) in [5, 5.41) is 21.9. The number of ketones is 1. The number of aromatic hydroxyl groups is 2. The van der Waals surface area contributed by atoms with Crippen molar-refractivity contribution >= 4 is 23.1 Å². The molecule has 0 saturated heterocycles. The number of halogens is 1. The van der Waals surface area contributed by atoms with E-state index in [-0.39, 0.29) is 27.9 Å². The van der Waals surface area contributed by atoms with E-state index in [1.54, 1.807) is 38.1 Å². The highest BCUT2D eigenvalue weighted by atomic mass is 32.1. The third-order valence-electron chi connectivity index (χ3n) is 5.22. The van der Waals surface area contributed by atoms with Crippen molar-refractivity contribution < 1.29 is 28.9 Å². The fourth-order valence-corrected chi connectivity index (χ4v) is 4.51. The maximum Gasteiger partial charge on any atom is 0.350 e. The van der Waals surface area contributed by atoms with Crippen LogP contribution in [0.2, 0.25) is 0 Å². The van der Waals surface area contributed by atoms with Crippen molar-refractivity contribution in [1.82, 2.24) is 9.55 Å². The third kappa shape index (κ3) is 4.06. The van der Waals surface area contributed by atoms with Gasteiger partial charge in [-0.15, -0.1) is 0 Å². The molecule has 0 radical (unpaired) electrons. The van der Waals surface area contributed by atoms with Crippen LogP contribution in [0.5, 0.6) is 11.6 Å². The highest BCUT2D eigenvalue weighted by Crippen LogP contribution is 2.45. The lowest BCUT2D eigenvalue weighted by atomic mass is 9.98. The molecule has 174 valence electrons. The zero-order chi connectivity index (χ0) is 24.6. The molecule has 9 heteroatoms. The number of carbonyl (C=O) groups excluding carboxylic acids is 2. The van der Waals surface area contributed by atoms with Gasteiger partial charge in [-0.1, -0.05) is 41.2 Å². The predicted octanol–water partition coefficient (Wildman–Crippen LogP) is 5.18. The molecule has 0 bridgehead atoms. The number of aryl methyl sites for hydroxylation is 2. The minimum Gasteiger partial charge on any atom is -0.503 e. The van der Waals surface area contributed by atoms with Gasteiger partial charge in [0.15, 0.2) is 16.7 Å². The number of hydrogen-bond acceptors (Lipinski definition) is 7. The molecular formula is C25H21FN2O5S. The summed E-state index contributed by atoms with van der Waals surface area (Å²) in [7, 11) is 0. The van der Waals surface area contributed by atoms with Crippen LogP contribution in [0.1, 0.15) is 43.8 Å². The molecule has 0 spiro atoms. The van der Waals surface area contributed by atoms with Crippen molar-refractivity contribution in [2.75, 3.05) is 6.61 Å². The first kappa shape index (κ1) is 23.2. The summed E-state index contributed by atoms with van der Waals surface area (Å²) in [5.74, 6) is -2.87. The number of thiazole rings is 1. The molecule has 34 heavy (non-hydrogen) atoms. The Morgan fingerprint density at radius 3 is 2.32 bits per heavy atom. The van der Waals surface area contributed by atoms with E-state index in [1.165, 1.54) is 28.8 Å². The van der Waals surface area contributed by atoms with Crippen LogP contribution in [0.3, 0.4) is 0 Å². The molecule has 0 aliphatic heterocycles. The number of rotatable bonds is 6. The summed E-state index contributed by atoms with van der Waals surface area (Å²) in [6.45, 7) is 5.35. The van der Waals surface area contributed by atoms with Crippen LogP contribution in [0.15, 0.2) is 48.5 Å². The summed E-state index contributed by atoms with van der Waals surface area (Å²) < 4.78 is 19.9. The van der Waals surface area contributed by atoms with Crippen molar-refractivity contribution in [3.05, 3.63) is 81.6 Å². The van der Waals surface area contributed by atoms with E-state index in [9.17, 15) is 24.2 Å². The molecule has 0 amide bonds. The van der Waals surface area contributed by atoms with Crippen LogP contribution in [-0.2, 0) is 4.74 Å². The van der Waals surface area contributed by atoms with Gasteiger partial charge in [0, 0.05) is 5.56 Å². The molecule has 0 saturated carbocycles. The van der Waals surface area contributed by atoms with Crippen molar-refractivity contribution in [2.45, 2.75) is 20.8 Å². The van der Waals surface area contributed by atoms with Gasteiger partial charge in [0.25, 0.3) is 0 Å². The zero-order valence-electron chi connectivity index (χ0n) is 18.6. The first-order valence-corrected chi connectivity index (χ1v) is 11.2. The second-order valence-electron chi connectivity index (χ2n) is 7.56. The number of ether oxygens (including phenoxy) is 1. The van der Waals surface area contributed by atoms with Crippen LogP contribution in [0, 0.1) is 19.7 Å². The Morgan fingerprint density at radius 1 is 1.06 bits per heavy atom. The Labute approximate surface area is 198 Å². The summed E-state index contributed by atoms with van der Waals surface area (Å²) in [6, 6.07) is 12.0. The quantitative estimate of drug-likeness (QED) is 0.291. The average Bonchev–Trinajstić information content (AvgIpc) is 3.31.